The minimum absolute atomic E-state index is 0.133. The fourth-order valence-electron chi connectivity index (χ4n) is 3.77. The number of hydrazone groups is 1. The SMILES string of the molecule is CCOc1cc(N=Nc2ccc(Cl)c(S(=O)(=O)O)c2)c(C)cc1N=C(O)Nc1ccc(N/N=C2/C=CC(=O)C(C(=O)O)=C2)cc1. The van der Waals surface area contributed by atoms with Crippen LogP contribution < -0.4 is 15.5 Å². The van der Waals surface area contributed by atoms with Crippen LogP contribution in [0.15, 0.2) is 104 Å². The van der Waals surface area contributed by atoms with Crippen molar-refractivity contribution in [3.8, 4) is 5.75 Å². The molecule has 0 aliphatic heterocycles. The van der Waals surface area contributed by atoms with Crippen LogP contribution >= 0.6 is 11.6 Å². The monoisotopic (exact) mass is 652 g/mol. The second-order valence-electron chi connectivity index (χ2n) is 9.18. The number of rotatable bonds is 10. The number of ether oxygens (including phenoxy) is 1. The summed E-state index contributed by atoms with van der Waals surface area (Å²) in [5.74, 6) is -1.67. The van der Waals surface area contributed by atoms with Gasteiger partial charge in [0.15, 0.2) is 5.78 Å². The highest BCUT2D eigenvalue weighted by Gasteiger charge is 2.19. The van der Waals surface area contributed by atoms with Crippen LogP contribution in [0.3, 0.4) is 0 Å². The Balaban J connectivity index is 1.48. The molecule has 45 heavy (non-hydrogen) atoms. The number of aliphatic imine (C=N–C) groups is 1. The quantitative estimate of drug-likeness (QED) is 0.0314. The van der Waals surface area contributed by atoms with Crippen LogP contribution in [-0.4, -0.2) is 53.3 Å². The minimum atomic E-state index is -4.55. The molecule has 16 heteroatoms. The molecule has 0 radical (unpaired) electrons. The van der Waals surface area contributed by atoms with Crippen LogP contribution in [0.25, 0.3) is 0 Å². The molecule has 0 unspecified atom stereocenters. The van der Waals surface area contributed by atoms with Gasteiger partial charge in [0.05, 0.1) is 34.4 Å². The second kappa shape index (κ2) is 13.9. The number of carboxylic acid groups (broad SMARTS) is 1. The van der Waals surface area contributed by atoms with E-state index < -0.39 is 32.8 Å². The number of hydrogen-bond donors (Lipinski definition) is 5. The molecule has 0 atom stereocenters. The van der Waals surface area contributed by atoms with Crippen LogP contribution in [0.1, 0.15) is 12.5 Å². The molecule has 0 saturated heterocycles. The highest BCUT2D eigenvalue weighted by atomic mass is 35.5. The summed E-state index contributed by atoms with van der Waals surface area (Å²) >= 11 is 5.85. The molecule has 0 spiro atoms. The predicted molar refractivity (Wildman–Crippen MR) is 169 cm³/mol. The summed E-state index contributed by atoms with van der Waals surface area (Å²) in [5, 5.41) is 34.5. The van der Waals surface area contributed by atoms with Gasteiger partial charge >= 0.3 is 5.97 Å². The van der Waals surface area contributed by atoms with Crippen molar-refractivity contribution >= 4 is 73.6 Å². The highest BCUT2D eigenvalue weighted by molar-refractivity contribution is 7.86. The lowest BCUT2D eigenvalue weighted by Gasteiger charge is -2.11. The van der Waals surface area contributed by atoms with Crippen LogP contribution in [-0.2, 0) is 19.7 Å². The Kier molecular flexibility index (Phi) is 10.1. The number of ketones is 1. The van der Waals surface area contributed by atoms with Crippen molar-refractivity contribution in [2.45, 2.75) is 18.7 Å². The third-order valence-electron chi connectivity index (χ3n) is 5.92. The molecule has 0 bridgehead atoms. The Morgan fingerprint density at radius 2 is 1.69 bits per heavy atom. The molecule has 5 N–H and O–H groups in total. The average molecular weight is 653 g/mol. The van der Waals surface area contributed by atoms with Crippen molar-refractivity contribution in [3.05, 3.63) is 89.0 Å². The predicted octanol–water partition coefficient (Wildman–Crippen LogP) is 6.28. The minimum Gasteiger partial charge on any atom is -0.492 e. The molecular weight excluding hydrogens is 628 g/mol. The van der Waals surface area contributed by atoms with E-state index in [9.17, 15) is 27.7 Å². The number of anilines is 2. The number of allylic oxidation sites excluding steroid dienone is 3. The van der Waals surface area contributed by atoms with E-state index >= 15 is 0 Å². The van der Waals surface area contributed by atoms with Crippen molar-refractivity contribution in [2.24, 2.45) is 20.3 Å². The number of nitrogens with one attached hydrogen (secondary N) is 2. The molecular formula is C29H25ClN6O8S. The molecule has 0 fully saturated rings. The summed E-state index contributed by atoms with van der Waals surface area (Å²) in [6, 6.07) is 13.1. The molecule has 4 rings (SSSR count). The second-order valence-corrected chi connectivity index (χ2v) is 11.0. The van der Waals surface area contributed by atoms with E-state index in [1.165, 1.54) is 18.2 Å². The van der Waals surface area contributed by atoms with Crippen molar-refractivity contribution < 1.29 is 37.5 Å². The average Bonchev–Trinajstić information content (AvgIpc) is 2.98. The molecule has 0 saturated carbocycles. The summed E-state index contributed by atoms with van der Waals surface area (Å²) in [6.07, 6.45) is 3.68. The number of halogens is 1. The number of nitrogens with zero attached hydrogens (tertiary/aromatic N) is 4. The van der Waals surface area contributed by atoms with E-state index in [0.717, 1.165) is 18.2 Å². The van der Waals surface area contributed by atoms with E-state index in [-0.39, 0.29) is 34.4 Å². The number of azo groups is 1. The number of aliphatic carboxylic acids is 1. The van der Waals surface area contributed by atoms with E-state index in [1.807, 2.05) is 0 Å². The zero-order valence-corrected chi connectivity index (χ0v) is 25.2. The van der Waals surface area contributed by atoms with Crippen molar-refractivity contribution in [1.82, 2.24) is 0 Å². The fourth-order valence-corrected chi connectivity index (χ4v) is 4.77. The Labute approximate surface area is 261 Å². The zero-order chi connectivity index (χ0) is 32.7. The lowest BCUT2D eigenvalue weighted by Crippen LogP contribution is -2.16. The molecule has 1 aliphatic carbocycles. The van der Waals surface area contributed by atoms with Gasteiger partial charge in [-0.25, -0.2) is 4.79 Å². The maximum absolute atomic E-state index is 11.6. The van der Waals surface area contributed by atoms with Gasteiger partial charge in [-0.3, -0.25) is 14.8 Å². The fraction of sp³-hybridized carbons (Fsp3) is 0.103. The van der Waals surface area contributed by atoms with Gasteiger partial charge in [0.1, 0.15) is 21.9 Å². The van der Waals surface area contributed by atoms with Gasteiger partial charge in [-0.2, -0.15) is 28.7 Å². The maximum Gasteiger partial charge on any atom is 0.339 e. The number of aliphatic hydroxyl groups is 1. The van der Waals surface area contributed by atoms with Gasteiger partial charge in [0.25, 0.3) is 16.1 Å². The van der Waals surface area contributed by atoms with Crippen LogP contribution in [0.4, 0.5) is 28.4 Å². The molecule has 14 nitrogen and oxygen atoms in total. The van der Waals surface area contributed by atoms with Gasteiger partial charge in [-0.05, 0) is 86.2 Å². The number of carboxylic acids is 1. The van der Waals surface area contributed by atoms with Gasteiger partial charge < -0.3 is 20.3 Å². The van der Waals surface area contributed by atoms with Gasteiger partial charge in [-0.15, -0.1) is 0 Å². The Hall–Kier alpha value is -5.38. The number of aliphatic hydroxyl groups excluding tert-OH is 1. The topological polar surface area (TPSA) is 212 Å². The third-order valence-corrected chi connectivity index (χ3v) is 7.25. The molecule has 3 aromatic carbocycles. The molecule has 3 aromatic rings. The van der Waals surface area contributed by atoms with Crippen LogP contribution in [0, 0.1) is 6.92 Å². The van der Waals surface area contributed by atoms with Crippen molar-refractivity contribution in [3.63, 3.8) is 0 Å². The first kappa shape index (κ1) is 32.5. The number of benzene rings is 3. The van der Waals surface area contributed by atoms with E-state index in [4.69, 9.17) is 21.4 Å². The van der Waals surface area contributed by atoms with Crippen LogP contribution in [0.5, 0.6) is 5.75 Å². The maximum atomic E-state index is 11.6. The van der Waals surface area contributed by atoms with Crippen molar-refractivity contribution in [1.29, 1.82) is 0 Å². The first-order chi connectivity index (χ1) is 21.3. The number of amidine groups is 1. The summed E-state index contributed by atoms with van der Waals surface area (Å²) < 4.78 is 38.1. The molecule has 0 amide bonds. The summed E-state index contributed by atoms with van der Waals surface area (Å²) in [4.78, 5) is 26.5. The van der Waals surface area contributed by atoms with E-state index in [0.29, 0.717) is 28.3 Å². The van der Waals surface area contributed by atoms with Crippen LogP contribution in [0.2, 0.25) is 5.02 Å². The number of aryl methyl sites for hydroxylation is 1. The Bertz CT molecular complexity index is 1920. The number of carbonyl (C=O) groups is 2. The third kappa shape index (κ3) is 8.60. The molecule has 232 valence electrons. The summed E-state index contributed by atoms with van der Waals surface area (Å²) in [7, 11) is -4.55. The first-order valence-corrected chi connectivity index (χ1v) is 14.8. The normalized spacial score (nSPS) is 14.5. The molecule has 1 aliphatic rings. The lowest BCUT2D eigenvalue weighted by molar-refractivity contribution is -0.134. The van der Waals surface area contributed by atoms with Gasteiger partial charge in [-0.1, -0.05) is 11.6 Å². The Morgan fingerprint density at radius 1 is 0.978 bits per heavy atom. The lowest BCUT2D eigenvalue weighted by atomic mass is 10.0. The zero-order valence-electron chi connectivity index (χ0n) is 23.6. The standard InChI is InChI=1S/C29H25ClN6O8S/c1-3-44-26-15-23(36-35-20-8-10-22(30)27(14-20)45(41,42)43)16(2)12-24(26)32-29(40)31-17-4-6-18(7-5-17)33-34-19-9-11-25(37)21(13-19)28(38)39/h4-15,33H,3H2,1-2H3,(H,38,39)(H2,31,32,40)(H,41,42,43)/b34-19-,36-35?. The summed E-state index contributed by atoms with van der Waals surface area (Å²) in [6.45, 7) is 3.78. The van der Waals surface area contributed by atoms with Crippen molar-refractivity contribution in [2.75, 3.05) is 17.3 Å². The highest BCUT2D eigenvalue weighted by Crippen LogP contribution is 2.36. The van der Waals surface area contributed by atoms with E-state index in [2.05, 4.69) is 31.1 Å². The first-order valence-electron chi connectivity index (χ1n) is 13.0. The molecule has 0 heterocycles. The van der Waals surface area contributed by atoms with E-state index in [1.54, 1.807) is 50.2 Å². The van der Waals surface area contributed by atoms with Gasteiger partial charge in [0, 0.05) is 11.8 Å². The number of hydrogen-bond acceptors (Lipinski definition) is 10. The summed E-state index contributed by atoms with van der Waals surface area (Å²) in [5.41, 5.74) is 5.08. The smallest absolute Gasteiger partial charge is 0.339 e. The van der Waals surface area contributed by atoms with Gasteiger partial charge in [0.2, 0.25) is 0 Å². The Morgan fingerprint density at radius 3 is 2.36 bits per heavy atom. The largest absolute Gasteiger partial charge is 0.492 e. The molecule has 0 aromatic heterocycles. The number of carbonyl (C=O) groups excluding carboxylic acids is 1.